The Labute approximate surface area is 240 Å². The number of allylic oxidation sites excluding steroid dienone is 2. The fourth-order valence-corrected chi connectivity index (χ4v) is 4.56. The predicted molar refractivity (Wildman–Crippen MR) is 169 cm³/mol. The molecule has 1 saturated heterocycles. The fourth-order valence-electron chi connectivity index (χ4n) is 3.53. The molecule has 1 aliphatic rings. The van der Waals surface area contributed by atoms with Crippen molar-refractivity contribution in [2.45, 2.75) is 34.6 Å². The van der Waals surface area contributed by atoms with Crippen LogP contribution < -0.4 is 9.62 Å². The number of carbonyl (C=O) groups excluding carboxylic acids is 1. The monoisotopic (exact) mass is 560 g/mol. The first kappa shape index (κ1) is 32.3. The van der Waals surface area contributed by atoms with Crippen molar-refractivity contribution in [3.8, 4) is 11.3 Å². The molecule has 1 aliphatic heterocycles. The molecular weight excluding hydrogens is 520 g/mol. The standard InChI is InChI=1S/C16H15N3.C10H11NO3S.C4H8.C2H6/c1-11-3-5-13(17-2)9-14(11)16-6-4-12-10-18-8-7-15(12)19-16;12-7-9-1-3-10(4-2-9)11-8-14-5-6-15(11)13;1-3-4-2;1-2/h3-10,17H,1-2H3;1-4,7H,5-6,8H2;3-4H,1-2H3;1-2H3/b;;4-3-;. The van der Waals surface area contributed by atoms with Gasteiger partial charge in [0.2, 0.25) is 0 Å². The van der Waals surface area contributed by atoms with Gasteiger partial charge in [-0.25, -0.2) is 9.19 Å². The Morgan fingerprint density at radius 2 is 1.73 bits per heavy atom. The average Bonchev–Trinajstić information content (AvgIpc) is 3.03. The van der Waals surface area contributed by atoms with Gasteiger partial charge in [0.15, 0.2) is 0 Å². The number of carbonyl (C=O) groups is 1. The fraction of sp³-hybridized carbons (Fsp3) is 0.281. The number of rotatable bonds is 4. The first-order valence-corrected chi connectivity index (χ1v) is 14.6. The third-order valence-corrected chi connectivity index (χ3v) is 7.12. The van der Waals surface area contributed by atoms with Gasteiger partial charge in [-0.1, -0.05) is 32.1 Å². The molecule has 212 valence electrons. The molecular formula is C32H40N4O3S. The number of aryl methyl sites for hydroxylation is 1. The molecule has 1 atom stereocenters. The summed E-state index contributed by atoms with van der Waals surface area (Å²) in [6.45, 7) is 11.0. The molecule has 2 aromatic heterocycles. The van der Waals surface area contributed by atoms with Crippen LogP contribution in [0.15, 0.2) is 85.2 Å². The lowest BCUT2D eigenvalue weighted by atomic mass is 10.0. The summed E-state index contributed by atoms with van der Waals surface area (Å²) < 4.78 is 18.5. The molecule has 3 heterocycles. The van der Waals surface area contributed by atoms with Gasteiger partial charge in [0.05, 0.1) is 29.3 Å². The highest BCUT2D eigenvalue weighted by molar-refractivity contribution is 7.86. The summed E-state index contributed by atoms with van der Waals surface area (Å²) in [5.41, 5.74) is 6.87. The van der Waals surface area contributed by atoms with Crippen molar-refractivity contribution < 1.29 is 13.7 Å². The maximum Gasteiger partial charge on any atom is 0.150 e. The van der Waals surface area contributed by atoms with Crippen LogP contribution in [0.2, 0.25) is 0 Å². The lowest BCUT2D eigenvalue weighted by Gasteiger charge is -2.27. The molecule has 0 amide bonds. The van der Waals surface area contributed by atoms with Crippen molar-refractivity contribution in [2.24, 2.45) is 0 Å². The van der Waals surface area contributed by atoms with Crippen LogP contribution >= 0.6 is 0 Å². The summed E-state index contributed by atoms with van der Waals surface area (Å²) >= 11 is 0. The smallest absolute Gasteiger partial charge is 0.150 e. The zero-order chi connectivity index (χ0) is 29.3. The second-order valence-corrected chi connectivity index (χ2v) is 9.85. The normalized spacial score (nSPS) is 14.2. The van der Waals surface area contributed by atoms with Crippen LogP contribution in [-0.4, -0.2) is 46.6 Å². The highest BCUT2D eigenvalue weighted by Gasteiger charge is 2.18. The summed E-state index contributed by atoms with van der Waals surface area (Å²) in [5, 5.41) is 4.23. The van der Waals surface area contributed by atoms with E-state index in [0.717, 1.165) is 39.8 Å². The zero-order valence-electron chi connectivity index (χ0n) is 24.3. The molecule has 1 fully saturated rings. The first-order valence-electron chi connectivity index (χ1n) is 13.4. The summed E-state index contributed by atoms with van der Waals surface area (Å²) in [4.78, 5) is 19.3. The minimum absolute atomic E-state index is 0.340. The molecule has 7 nitrogen and oxygen atoms in total. The highest BCUT2D eigenvalue weighted by Crippen LogP contribution is 2.26. The van der Waals surface area contributed by atoms with Crippen LogP contribution in [0.1, 0.15) is 43.6 Å². The third kappa shape index (κ3) is 9.39. The number of aldehydes is 1. The van der Waals surface area contributed by atoms with Gasteiger partial charge in [-0.15, -0.1) is 0 Å². The van der Waals surface area contributed by atoms with Crippen LogP contribution in [-0.2, 0) is 15.7 Å². The predicted octanol–water partition coefficient (Wildman–Crippen LogP) is 7.21. The van der Waals surface area contributed by atoms with Gasteiger partial charge in [-0.05, 0) is 80.9 Å². The Morgan fingerprint density at radius 3 is 2.35 bits per heavy atom. The SMILES string of the molecule is C/C=C\C.CC.CNc1ccc(C)c(-c2ccc3cnccc3n2)c1.O=Cc1ccc(N2COCCS2=O)cc1. The molecule has 2 aromatic carbocycles. The molecule has 1 N–H and O–H groups in total. The van der Waals surface area contributed by atoms with Crippen LogP contribution in [0.3, 0.4) is 0 Å². The third-order valence-electron chi connectivity index (χ3n) is 5.80. The maximum atomic E-state index is 11.6. The molecule has 0 radical (unpaired) electrons. The van der Waals surface area contributed by atoms with E-state index < -0.39 is 11.0 Å². The lowest BCUT2D eigenvalue weighted by molar-refractivity contribution is 0.112. The van der Waals surface area contributed by atoms with Crippen molar-refractivity contribution >= 4 is 39.5 Å². The molecule has 5 rings (SSSR count). The van der Waals surface area contributed by atoms with Gasteiger partial charge in [0.25, 0.3) is 0 Å². The Balaban J connectivity index is 0.000000239. The van der Waals surface area contributed by atoms with E-state index >= 15 is 0 Å². The second-order valence-electron chi connectivity index (χ2n) is 8.36. The number of benzene rings is 2. The van der Waals surface area contributed by atoms with Crippen molar-refractivity contribution in [2.75, 3.05) is 35.8 Å². The van der Waals surface area contributed by atoms with Gasteiger partial charge in [-0.3, -0.25) is 14.1 Å². The van der Waals surface area contributed by atoms with E-state index in [2.05, 4.69) is 41.5 Å². The van der Waals surface area contributed by atoms with E-state index in [9.17, 15) is 9.00 Å². The number of fused-ring (bicyclic) bond motifs is 1. The topological polar surface area (TPSA) is 84.4 Å². The molecule has 0 saturated carbocycles. The Bertz CT molecular complexity index is 1390. The zero-order valence-corrected chi connectivity index (χ0v) is 25.1. The molecule has 0 aliphatic carbocycles. The minimum atomic E-state index is -1.02. The van der Waals surface area contributed by atoms with Gasteiger partial charge in [0, 0.05) is 41.6 Å². The van der Waals surface area contributed by atoms with Crippen molar-refractivity contribution in [3.63, 3.8) is 0 Å². The number of pyridine rings is 2. The van der Waals surface area contributed by atoms with Crippen molar-refractivity contribution in [3.05, 3.63) is 96.3 Å². The summed E-state index contributed by atoms with van der Waals surface area (Å²) in [6.07, 6.45) is 8.40. The number of hydrogen-bond acceptors (Lipinski definition) is 6. The van der Waals surface area contributed by atoms with E-state index in [4.69, 9.17) is 9.72 Å². The Kier molecular flexibility index (Phi) is 14.3. The summed E-state index contributed by atoms with van der Waals surface area (Å²) in [7, 11) is 0.907. The van der Waals surface area contributed by atoms with Crippen LogP contribution in [0.25, 0.3) is 22.2 Å². The number of ether oxygens (including phenoxy) is 1. The maximum absolute atomic E-state index is 11.6. The first-order chi connectivity index (χ1) is 19.5. The van der Waals surface area contributed by atoms with Crippen LogP contribution in [0, 0.1) is 6.92 Å². The average molecular weight is 561 g/mol. The molecule has 0 bridgehead atoms. The summed E-state index contributed by atoms with van der Waals surface area (Å²) in [6, 6.07) is 19.3. The van der Waals surface area contributed by atoms with Crippen molar-refractivity contribution in [1.82, 2.24) is 9.97 Å². The minimum Gasteiger partial charge on any atom is -0.388 e. The second kappa shape index (κ2) is 17.7. The molecule has 0 spiro atoms. The summed E-state index contributed by atoms with van der Waals surface area (Å²) in [5.74, 6) is 0.523. The largest absolute Gasteiger partial charge is 0.388 e. The Hall–Kier alpha value is -3.88. The van der Waals surface area contributed by atoms with Crippen LogP contribution in [0.4, 0.5) is 11.4 Å². The van der Waals surface area contributed by atoms with Gasteiger partial charge in [-0.2, -0.15) is 0 Å². The van der Waals surface area contributed by atoms with E-state index in [1.165, 1.54) is 5.56 Å². The highest BCUT2D eigenvalue weighted by atomic mass is 32.2. The molecule has 40 heavy (non-hydrogen) atoms. The number of nitrogens with zero attached hydrogens (tertiary/aromatic N) is 3. The Morgan fingerprint density at radius 1 is 1.00 bits per heavy atom. The molecule has 1 unspecified atom stereocenters. The molecule has 8 heteroatoms. The number of anilines is 2. The number of aromatic nitrogens is 2. The quantitative estimate of drug-likeness (QED) is 0.210. The van der Waals surface area contributed by atoms with E-state index in [1.54, 1.807) is 34.8 Å². The molecule has 4 aromatic rings. The number of hydrogen-bond donors (Lipinski definition) is 1. The van der Waals surface area contributed by atoms with Crippen molar-refractivity contribution in [1.29, 1.82) is 0 Å². The van der Waals surface area contributed by atoms with Gasteiger partial charge < -0.3 is 10.1 Å². The lowest BCUT2D eigenvalue weighted by Crippen LogP contribution is -2.36. The van der Waals surface area contributed by atoms with Gasteiger partial charge in [0.1, 0.15) is 24.0 Å². The van der Waals surface area contributed by atoms with E-state index in [-0.39, 0.29) is 0 Å². The number of nitrogens with one attached hydrogen (secondary N) is 1. The van der Waals surface area contributed by atoms with E-state index in [0.29, 0.717) is 24.7 Å². The van der Waals surface area contributed by atoms with Gasteiger partial charge >= 0.3 is 0 Å². The van der Waals surface area contributed by atoms with Crippen LogP contribution in [0.5, 0.6) is 0 Å². The van der Waals surface area contributed by atoms with E-state index in [1.807, 2.05) is 65.2 Å².